The van der Waals surface area contributed by atoms with Gasteiger partial charge in [-0.2, -0.15) is 0 Å². The van der Waals surface area contributed by atoms with E-state index in [1.54, 1.807) is 0 Å². The predicted octanol–water partition coefficient (Wildman–Crippen LogP) is 2.84. The molecule has 1 aromatic rings. The normalized spacial score (nSPS) is 20.4. The zero-order chi connectivity index (χ0) is 14.4. The monoisotopic (exact) mass is 273 g/mol. The van der Waals surface area contributed by atoms with Gasteiger partial charge < -0.3 is 0 Å². The van der Waals surface area contributed by atoms with Crippen molar-refractivity contribution in [2.45, 2.75) is 39.2 Å². The Balaban J connectivity index is 1.86. The van der Waals surface area contributed by atoms with Crippen LogP contribution in [0.5, 0.6) is 0 Å². The second-order valence-corrected chi connectivity index (χ2v) is 5.73. The van der Waals surface area contributed by atoms with E-state index in [0.717, 1.165) is 38.9 Å². The first-order chi connectivity index (χ1) is 9.65. The number of Topliss-reactive ketones (excluding diaryl/α,β-unsaturated/α-hetero) is 2. The van der Waals surface area contributed by atoms with Crippen molar-refractivity contribution in [3.8, 4) is 0 Å². The molecule has 0 amide bonds. The molecule has 0 N–H and O–H groups in total. The molecule has 0 spiro atoms. The van der Waals surface area contributed by atoms with E-state index in [0.29, 0.717) is 0 Å². The minimum Gasteiger partial charge on any atom is -0.300 e. The molecule has 0 bridgehead atoms. The van der Waals surface area contributed by atoms with Crippen molar-refractivity contribution in [3.63, 3.8) is 0 Å². The first-order valence-electron chi connectivity index (χ1n) is 7.43. The number of hydrogen-bond donors (Lipinski definition) is 0. The maximum absolute atomic E-state index is 12.0. The van der Waals surface area contributed by atoms with Crippen molar-refractivity contribution in [3.05, 3.63) is 35.9 Å². The Bertz CT molecular complexity index is 455. The van der Waals surface area contributed by atoms with Crippen LogP contribution in [0.2, 0.25) is 0 Å². The Morgan fingerprint density at radius 1 is 1.15 bits per heavy atom. The molecule has 108 valence electrons. The summed E-state index contributed by atoms with van der Waals surface area (Å²) in [6.07, 6.45) is 2.97. The highest BCUT2D eigenvalue weighted by Crippen LogP contribution is 2.21. The average molecular weight is 273 g/mol. The van der Waals surface area contributed by atoms with E-state index >= 15 is 0 Å². The van der Waals surface area contributed by atoms with Gasteiger partial charge in [0.05, 0.1) is 6.42 Å². The molecule has 1 atom stereocenters. The van der Waals surface area contributed by atoms with Crippen molar-refractivity contribution in [2.75, 3.05) is 13.1 Å². The van der Waals surface area contributed by atoms with Crippen molar-refractivity contribution >= 4 is 11.6 Å². The van der Waals surface area contributed by atoms with E-state index in [1.165, 1.54) is 12.5 Å². The number of rotatable bonds is 5. The lowest BCUT2D eigenvalue weighted by molar-refractivity contribution is -0.128. The molecule has 0 radical (unpaired) electrons. The molecule has 0 aliphatic carbocycles. The van der Waals surface area contributed by atoms with Gasteiger partial charge in [0.1, 0.15) is 11.6 Å². The molecular formula is C17H23NO2. The molecule has 1 fully saturated rings. The molecule has 20 heavy (non-hydrogen) atoms. The highest BCUT2D eigenvalue weighted by molar-refractivity contribution is 5.99. The van der Waals surface area contributed by atoms with Crippen LogP contribution < -0.4 is 0 Å². The van der Waals surface area contributed by atoms with Gasteiger partial charge in [-0.15, -0.1) is 0 Å². The van der Waals surface area contributed by atoms with Gasteiger partial charge in [0.2, 0.25) is 0 Å². The van der Waals surface area contributed by atoms with Crippen molar-refractivity contribution < 1.29 is 9.59 Å². The van der Waals surface area contributed by atoms with Crippen LogP contribution in [0.1, 0.15) is 38.2 Å². The summed E-state index contributed by atoms with van der Waals surface area (Å²) in [4.78, 5) is 25.5. The van der Waals surface area contributed by atoms with Crippen molar-refractivity contribution in [1.29, 1.82) is 0 Å². The Morgan fingerprint density at radius 2 is 1.90 bits per heavy atom. The predicted molar refractivity (Wildman–Crippen MR) is 79.4 cm³/mol. The van der Waals surface area contributed by atoms with Crippen LogP contribution in [0.15, 0.2) is 30.3 Å². The molecule has 3 nitrogen and oxygen atoms in total. The van der Waals surface area contributed by atoms with Crippen LogP contribution in [0.25, 0.3) is 0 Å². The fraction of sp³-hybridized carbons (Fsp3) is 0.529. The van der Waals surface area contributed by atoms with Gasteiger partial charge in [-0.1, -0.05) is 30.3 Å². The third kappa shape index (κ3) is 4.57. The van der Waals surface area contributed by atoms with Crippen LogP contribution in [0.4, 0.5) is 0 Å². The molecule has 1 heterocycles. The number of benzene rings is 1. The third-order valence-corrected chi connectivity index (χ3v) is 3.95. The van der Waals surface area contributed by atoms with Crippen LogP contribution >= 0.6 is 0 Å². The summed E-state index contributed by atoms with van der Waals surface area (Å²) in [6.45, 7) is 4.44. The number of carbonyl (C=O) groups is 2. The van der Waals surface area contributed by atoms with Gasteiger partial charge in [0.25, 0.3) is 0 Å². The topological polar surface area (TPSA) is 37.4 Å². The third-order valence-electron chi connectivity index (χ3n) is 3.95. The minimum absolute atomic E-state index is 0.0135. The van der Waals surface area contributed by atoms with Gasteiger partial charge in [-0.05, 0) is 44.8 Å². The van der Waals surface area contributed by atoms with E-state index in [9.17, 15) is 9.59 Å². The number of likely N-dealkylation sites (tertiary alicyclic amines) is 1. The highest BCUT2D eigenvalue weighted by atomic mass is 16.1. The minimum atomic E-state index is -0.0135. The second kappa shape index (κ2) is 7.34. The maximum atomic E-state index is 12.0. The summed E-state index contributed by atoms with van der Waals surface area (Å²) in [5.74, 6) is 0.208. The van der Waals surface area contributed by atoms with Crippen LogP contribution in [0.3, 0.4) is 0 Å². The van der Waals surface area contributed by atoms with E-state index in [-0.39, 0.29) is 23.9 Å². The molecule has 0 saturated carbocycles. The zero-order valence-corrected chi connectivity index (χ0v) is 12.2. The van der Waals surface area contributed by atoms with Gasteiger partial charge in [-0.3, -0.25) is 14.5 Å². The van der Waals surface area contributed by atoms with Gasteiger partial charge >= 0.3 is 0 Å². The number of hydrogen-bond acceptors (Lipinski definition) is 3. The van der Waals surface area contributed by atoms with Gasteiger partial charge in [-0.25, -0.2) is 0 Å². The summed E-state index contributed by atoms with van der Waals surface area (Å²) >= 11 is 0. The second-order valence-electron chi connectivity index (χ2n) is 5.73. The van der Waals surface area contributed by atoms with Crippen molar-refractivity contribution in [1.82, 2.24) is 4.90 Å². The summed E-state index contributed by atoms with van der Waals surface area (Å²) in [5, 5.41) is 0. The molecule has 1 aromatic carbocycles. The lowest BCUT2D eigenvalue weighted by atomic mass is 9.93. The molecule has 0 aromatic heterocycles. The highest BCUT2D eigenvalue weighted by Gasteiger charge is 2.23. The fourth-order valence-electron chi connectivity index (χ4n) is 2.87. The largest absolute Gasteiger partial charge is 0.300 e. The smallest absolute Gasteiger partial charge is 0.143 e. The first kappa shape index (κ1) is 14.9. The number of carbonyl (C=O) groups excluding carboxylic acids is 2. The van der Waals surface area contributed by atoms with Crippen LogP contribution in [-0.2, 0) is 16.1 Å². The Morgan fingerprint density at radius 3 is 2.60 bits per heavy atom. The van der Waals surface area contributed by atoms with Crippen LogP contribution in [-0.4, -0.2) is 29.6 Å². The Labute approximate surface area is 121 Å². The summed E-state index contributed by atoms with van der Waals surface area (Å²) in [5.41, 5.74) is 1.32. The number of ketones is 2. The standard InChI is InChI=1S/C17H23NO2/c1-14(19)12-17(20)16-8-5-10-18(11-9-16)13-15-6-3-2-4-7-15/h2-4,6-7,16H,5,8-13H2,1H3. The lowest BCUT2D eigenvalue weighted by Crippen LogP contribution is -2.25. The number of nitrogens with zero attached hydrogens (tertiary/aromatic N) is 1. The maximum Gasteiger partial charge on any atom is 0.143 e. The average Bonchev–Trinajstić information content (AvgIpc) is 2.65. The molecule has 3 heteroatoms. The van der Waals surface area contributed by atoms with E-state index < -0.39 is 0 Å². The lowest BCUT2D eigenvalue weighted by Gasteiger charge is -2.20. The Hall–Kier alpha value is -1.48. The SMILES string of the molecule is CC(=O)CC(=O)C1CCCN(Cc2ccccc2)CC1. The molecule has 1 aliphatic rings. The Kier molecular flexibility index (Phi) is 5.48. The first-order valence-corrected chi connectivity index (χ1v) is 7.43. The van der Waals surface area contributed by atoms with Gasteiger partial charge in [0, 0.05) is 12.5 Å². The molecule has 1 unspecified atom stereocenters. The summed E-state index contributed by atoms with van der Waals surface area (Å²) in [6, 6.07) is 10.4. The van der Waals surface area contributed by atoms with E-state index in [1.807, 2.05) is 6.07 Å². The fourth-order valence-corrected chi connectivity index (χ4v) is 2.87. The van der Waals surface area contributed by atoms with E-state index in [2.05, 4.69) is 29.2 Å². The van der Waals surface area contributed by atoms with Crippen LogP contribution in [0, 0.1) is 5.92 Å². The molecule has 2 rings (SSSR count). The molecule has 1 saturated heterocycles. The quantitative estimate of drug-likeness (QED) is 0.774. The molecular weight excluding hydrogens is 250 g/mol. The van der Waals surface area contributed by atoms with Gasteiger partial charge in [0.15, 0.2) is 0 Å². The van der Waals surface area contributed by atoms with E-state index in [4.69, 9.17) is 0 Å². The molecule has 1 aliphatic heterocycles. The summed E-state index contributed by atoms with van der Waals surface area (Å²) < 4.78 is 0. The van der Waals surface area contributed by atoms with Crippen molar-refractivity contribution in [2.24, 2.45) is 5.92 Å². The summed E-state index contributed by atoms with van der Waals surface area (Å²) in [7, 11) is 0. The zero-order valence-electron chi connectivity index (χ0n) is 12.2.